The van der Waals surface area contributed by atoms with E-state index in [1.54, 1.807) is 0 Å². The van der Waals surface area contributed by atoms with Crippen LogP contribution in [-0.2, 0) is 0 Å². The van der Waals surface area contributed by atoms with Gasteiger partial charge in [-0.25, -0.2) is 0 Å². The van der Waals surface area contributed by atoms with E-state index >= 15 is 0 Å². The molecule has 1 aromatic heterocycles. The smallest absolute Gasteiger partial charge is 0.247 e. The van der Waals surface area contributed by atoms with Crippen LogP contribution in [0.4, 0.5) is 5.69 Å². The summed E-state index contributed by atoms with van der Waals surface area (Å²) in [5, 5.41) is 12.9. The molecule has 2 aliphatic rings. The molecule has 2 heterocycles. The molecular formula is C20H22N4OS. The zero-order chi connectivity index (χ0) is 17.9. The highest BCUT2D eigenvalue weighted by atomic mass is 32.2. The van der Waals surface area contributed by atoms with Crippen molar-refractivity contribution in [3.05, 3.63) is 48.6 Å². The van der Waals surface area contributed by atoms with Crippen molar-refractivity contribution in [1.29, 1.82) is 0 Å². The van der Waals surface area contributed by atoms with Crippen molar-refractivity contribution in [2.75, 3.05) is 11.1 Å². The van der Waals surface area contributed by atoms with Crippen LogP contribution in [0, 0.1) is 5.92 Å². The average molecular weight is 366 g/mol. The second kappa shape index (κ2) is 7.50. The first-order valence-corrected chi connectivity index (χ1v) is 9.90. The highest BCUT2D eigenvalue weighted by Gasteiger charge is 2.30. The molecule has 0 bridgehead atoms. The van der Waals surface area contributed by atoms with Gasteiger partial charge in [-0.15, -0.1) is 16.8 Å². The van der Waals surface area contributed by atoms with Gasteiger partial charge in [0, 0.05) is 22.9 Å². The maximum absolute atomic E-state index is 6.34. The Bertz CT molecular complexity index is 851. The molecule has 4 rings (SSSR count). The van der Waals surface area contributed by atoms with Gasteiger partial charge in [0.25, 0.3) is 0 Å². The number of ether oxygens (including phenoxy) is 1. The van der Waals surface area contributed by atoms with Crippen molar-refractivity contribution in [3.8, 4) is 17.1 Å². The fourth-order valence-corrected chi connectivity index (χ4v) is 3.85. The van der Waals surface area contributed by atoms with Gasteiger partial charge in [-0.05, 0) is 32.3 Å². The number of nitrogens with one attached hydrogen (secondary N) is 1. The summed E-state index contributed by atoms with van der Waals surface area (Å²) in [5.41, 5.74) is 4.15. The summed E-state index contributed by atoms with van der Waals surface area (Å²) in [5.74, 6) is 1.70. The van der Waals surface area contributed by atoms with Crippen LogP contribution in [0.25, 0.3) is 11.3 Å². The third-order valence-corrected chi connectivity index (χ3v) is 5.62. The lowest BCUT2D eigenvalue weighted by Gasteiger charge is -2.29. The molecule has 0 unspecified atom stereocenters. The second-order valence-electron chi connectivity index (χ2n) is 6.66. The lowest BCUT2D eigenvalue weighted by Crippen LogP contribution is -2.35. The molecule has 0 spiro atoms. The first kappa shape index (κ1) is 17.1. The Labute approximate surface area is 158 Å². The summed E-state index contributed by atoms with van der Waals surface area (Å²) >= 11 is 1.51. The largest absolute Gasteiger partial charge is 0.452 e. The highest BCUT2D eigenvalue weighted by molar-refractivity contribution is 7.99. The summed E-state index contributed by atoms with van der Waals surface area (Å²) in [6.07, 6.45) is 7.25. The van der Waals surface area contributed by atoms with Crippen LogP contribution in [0.1, 0.15) is 26.2 Å². The molecule has 2 aromatic rings. The second-order valence-corrected chi connectivity index (χ2v) is 7.65. The van der Waals surface area contributed by atoms with Crippen LogP contribution in [0.2, 0.25) is 0 Å². The maximum Gasteiger partial charge on any atom is 0.247 e. The summed E-state index contributed by atoms with van der Waals surface area (Å²) in [6, 6.07) is 8.12. The lowest BCUT2D eigenvalue weighted by molar-refractivity contribution is 0.145. The van der Waals surface area contributed by atoms with Gasteiger partial charge >= 0.3 is 0 Å². The predicted molar refractivity (Wildman–Crippen MR) is 105 cm³/mol. The zero-order valence-corrected chi connectivity index (χ0v) is 15.6. The zero-order valence-electron chi connectivity index (χ0n) is 14.8. The Kier molecular flexibility index (Phi) is 4.93. The van der Waals surface area contributed by atoms with Crippen LogP contribution < -0.4 is 10.1 Å². The number of benzene rings is 1. The van der Waals surface area contributed by atoms with Crippen LogP contribution >= 0.6 is 11.8 Å². The van der Waals surface area contributed by atoms with E-state index in [0.29, 0.717) is 22.6 Å². The Balaban J connectivity index is 1.71. The van der Waals surface area contributed by atoms with Gasteiger partial charge in [-0.3, -0.25) is 0 Å². The Hall–Kier alpha value is -2.34. The van der Waals surface area contributed by atoms with Gasteiger partial charge in [0.15, 0.2) is 11.9 Å². The molecule has 0 saturated heterocycles. The number of hydrogen-bond donors (Lipinski definition) is 1. The van der Waals surface area contributed by atoms with Gasteiger partial charge in [-0.2, -0.15) is 4.98 Å². The van der Waals surface area contributed by atoms with E-state index in [9.17, 15) is 0 Å². The highest BCUT2D eigenvalue weighted by Crippen LogP contribution is 2.39. The first-order chi connectivity index (χ1) is 12.7. The molecule has 1 aliphatic heterocycles. The van der Waals surface area contributed by atoms with Crippen molar-refractivity contribution in [3.63, 3.8) is 0 Å². The van der Waals surface area contributed by atoms with Crippen LogP contribution in [0.15, 0.2) is 53.7 Å². The maximum atomic E-state index is 6.34. The van der Waals surface area contributed by atoms with Gasteiger partial charge in [-0.1, -0.05) is 47.7 Å². The molecule has 1 aliphatic carbocycles. The number of para-hydroxylation sites is 1. The van der Waals surface area contributed by atoms with Gasteiger partial charge in [0.2, 0.25) is 11.0 Å². The molecule has 26 heavy (non-hydrogen) atoms. The van der Waals surface area contributed by atoms with E-state index in [0.717, 1.165) is 36.3 Å². The van der Waals surface area contributed by atoms with E-state index in [1.807, 2.05) is 24.3 Å². The van der Waals surface area contributed by atoms with Crippen molar-refractivity contribution in [1.82, 2.24) is 15.2 Å². The first-order valence-electron chi connectivity index (χ1n) is 8.91. The molecule has 134 valence electrons. The van der Waals surface area contributed by atoms with Crippen molar-refractivity contribution >= 4 is 17.4 Å². The van der Waals surface area contributed by atoms with Crippen molar-refractivity contribution < 1.29 is 4.74 Å². The number of fused-ring (bicyclic) bond motifs is 3. The Morgan fingerprint density at radius 2 is 2.23 bits per heavy atom. The molecule has 1 aromatic carbocycles. The monoisotopic (exact) mass is 366 g/mol. The third kappa shape index (κ3) is 3.46. The molecule has 5 nitrogen and oxygen atoms in total. The molecule has 6 heteroatoms. The van der Waals surface area contributed by atoms with E-state index < -0.39 is 0 Å². The summed E-state index contributed by atoms with van der Waals surface area (Å²) < 4.78 is 6.34. The molecule has 0 saturated carbocycles. The molecule has 0 radical (unpaired) electrons. The quantitative estimate of drug-likeness (QED) is 0.625. The van der Waals surface area contributed by atoms with Crippen LogP contribution in [0.5, 0.6) is 5.88 Å². The number of allylic oxidation sites excluding steroid dienone is 2. The van der Waals surface area contributed by atoms with Crippen LogP contribution in [-0.4, -0.2) is 27.2 Å². The van der Waals surface area contributed by atoms with E-state index in [4.69, 9.17) is 4.74 Å². The standard InChI is InChI=1S/C20H22N4OS/c1-3-12-26-20-22-19-17(23-24-20)15-6-4-5-7-16(15)21-18(25-19)14-10-8-13(2)9-11-14/h3-8,14,18,21H,1,9-12H2,2H3/t14-,18+/m1/s1. The minimum atomic E-state index is -0.129. The molecular weight excluding hydrogens is 344 g/mol. The van der Waals surface area contributed by atoms with Crippen molar-refractivity contribution in [2.24, 2.45) is 5.92 Å². The van der Waals surface area contributed by atoms with Gasteiger partial charge in [0.05, 0.1) is 0 Å². The topological polar surface area (TPSA) is 59.9 Å². The number of anilines is 1. The number of rotatable bonds is 4. The number of thioether (sulfide) groups is 1. The number of aromatic nitrogens is 3. The minimum absolute atomic E-state index is 0.129. The number of nitrogens with zero attached hydrogens (tertiary/aromatic N) is 3. The van der Waals surface area contributed by atoms with Gasteiger partial charge < -0.3 is 10.1 Å². The Morgan fingerprint density at radius 1 is 1.35 bits per heavy atom. The SMILES string of the molecule is C=CCSc1nnc2c(n1)O[C@@H]([C@@H]1CC=C(C)CC1)Nc1ccccc1-2. The molecule has 0 fully saturated rings. The van der Waals surface area contributed by atoms with Crippen molar-refractivity contribution in [2.45, 2.75) is 37.6 Å². The predicted octanol–water partition coefficient (Wildman–Crippen LogP) is 4.69. The fraction of sp³-hybridized carbons (Fsp3) is 0.350. The summed E-state index contributed by atoms with van der Waals surface area (Å²) in [7, 11) is 0. The third-order valence-electron chi connectivity index (χ3n) is 4.79. The van der Waals surface area contributed by atoms with E-state index in [-0.39, 0.29) is 6.23 Å². The Morgan fingerprint density at radius 3 is 3.04 bits per heavy atom. The summed E-state index contributed by atoms with van der Waals surface area (Å²) in [4.78, 5) is 4.63. The van der Waals surface area contributed by atoms with Crippen LogP contribution in [0.3, 0.4) is 0 Å². The normalized spacial score (nSPS) is 21.3. The van der Waals surface area contributed by atoms with E-state index in [2.05, 4.69) is 46.1 Å². The van der Waals surface area contributed by atoms with Gasteiger partial charge in [0.1, 0.15) is 0 Å². The molecule has 2 atom stereocenters. The molecule has 1 N–H and O–H groups in total. The number of hydrogen-bond acceptors (Lipinski definition) is 6. The molecule has 0 amide bonds. The fourth-order valence-electron chi connectivity index (χ4n) is 3.34. The average Bonchev–Trinajstić information content (AvgIpc) is 2.83. The van der Waals surface area contributed by atoms with E-state index in [1.165, 1.54) is 17.3 Å². The lowest BCUT2D eigenvalue weighted by atomic mass is 9.89. The minimum Gasteiger partial charge on any atom is -0.452 e. The summed E-state index contributed by atoms with van der Waals surface area (Å²) in [6.45, 7) is 5.94.